The molecule has 3 heteroatoms. The molecule has 0 fully saturated rings. The predicted molar refractivity (Wildman–Crippen MR) is 97.1 cm³/mol. The van der Waals surface area contributed by atoms with Gasteiger partial charge < -0.3 is 5.32 Å². The van der Waals surface area contributed by atoms with Crippen molar-refractivity contribution < 1.29 is 0 Å². The molecule has 1 atom stereocenters. The molecule has 0 spiro atoms. The third-order valence-corrected chi connectivity index (χ3v) is 5.04. The van der Waals surface area contributed by atoms with Crippen LogP contribution in [-0.4, -0.2) is 12.6 Å². The van der Waals surface area contributed by atoms with E-state index < -0.39 is 0 Å². The summed E-state index contributed by atoms with van der Waals surface area (Å²) in [4.78, 5) is 1.50. The molecule has 0 saturated heterocycles. The Morgan fingerprint density at radius 1 is 1.19 bits per heavy atom. The van der Waals surface area contributed by atoms with Crippen molar-refractivity contribution in [1.82, 2.24) is 5.32 Å². The van der Waals surface area contributed by atoms with Gasteiger partial charge in [-0.05, 0) is 60.9 Å². The van der Waals surface area contributed by atoms with Crippen molar-refractivity contribution in [3.63, 3.8) is 0 Å². The van der Waals surface area contributed by atoms with E-state index in [0.29, 0.717) is 12.0 Å². The first kappa shape index (κ1) is 16.7. The smallest absolute Gasteiger partial charge is 0.0177 e. The molecule has 21 heavy (non-hydrogen) atoms. The van der Waals surface area contributed by atoms with Crippen LogP contribution in [0.25, 0.3) is 0 Å². The van der Waals surface area contributed by atoms with Gasteiger partial charge in [0.1, 0.15) is 0 Å². The van der Waals surface area contributed by atoms with Crippen LogP contribution >= 0.6 is 27.3 Å². The molecule has 0 radical (unpaired) electrons. The van der Waals surface area contributed by atoms with Gasteiger partial charge in [0.2, 0.25) is 0 Å². The molecule has 2 aromatic rings. The van der Waals surface area contributed by atoms with E-state index in [1.165, 1.54) is 27.8 Å². The highest BCUT2D eigenvalue weighted by Crippen LogP contribution is 2.20. The van der Waals surface area contributed by atoms with Gasteiger partial charge in [0.05, 0.1) is 0 Å². The summed E-state index contributed by atoms with van der Waals surface area (Å²) < 4.78 is 1.17. The van der Waals surface area contributed by atoms with Gasteiger partial charge in [0.15, 0.2) is 0 Å². The average Bonchev–Trinajstić information content (AvgIpc) is 2.95. The molecule has 1 aromatic carbocycles. The molecule has 0 saturated carbocycles. The van der Waals surface area contributed by atoms with Gasteiger partial charge in [-0.3, -0.25) is 0 Å². The second kappa shape index (κ2) is 8.72. The fraction of sp³-hybridized carbons (Fsp3) is 0.444. The molecule has 1 heterocycles. The summed E-state index contributed by atoms with van der Waals surface area (Å²) in [7, 11) is 0. The topological polar surface area (TPSA) is 12.0 Å². The second-order valence-corrected chi connectivity index (χ2v) is 7.83. The van der Waals surface area contributed by atoms with Crippen LogP contribution in [0.4, 0.5) is 0 Å². The summed E-state index contributed by atoms with van der Waals surface area (Å²) in [6.07, 6.45) is 3.58. The van der Waals surface area contributed by atoms with E-state index in [1.54, 1.807) is 0 Å². The minimum atomic E-state index is 0.553. The van der Waals surface area contributed by atoms with Crippen molar-refractivity contribution in [1.29, 1.82) is 0 Å². The van der Waals surface area contributed by atoms with Crippen molar-refractivity contribution in [2.45, 2.75) is 39.2 Å². The standard InChI is InChI=1S/C18H24BrNS/c1-14(2)20-13-16(8-9-18-7-4-10-21-18)11-15-5-3-6-17(19)12-15/h3-7,10,12,14,16,20H,8-9,11,13H2,1-2H3. The molecule has 1 unspecified atom stereocenters. The number of nitrogens with one attached hydrogen (secondary N) is 1. The highest BCUT2D eigenvalue weighted by molar-refractivity contribution is 9.10. The van der Waals surface area contributed by atoms with Crippen LogP contribution in [0.15, 0.2) is 46.3 Å². The second-order valence-electron chi connectivity index (χ2n) is 5.88. The Hall–Kier alpha value is -0.640. The molecule has 2 rings (SSSR count). The summed E-state index contributed by atoms with van der Waals surface area (Å²) in [5.41, 5.74) is 1.42. The minimum absolute atomic E-state index is 0.553. The van der Waals surface area contributed by atoms with Crippen LogP contribution in [0, 0.1) is 5.92 Å². The number of rotatable bonds is 8. The molecular formula is C18H24BrNS. The lowest BCUT2D eigenvalue weighted by Crippen LogP contribution is -2.30. The van der Waals surface area contributed by atoms with E-state index in [-0.39, 0.29) is 0 Å². The highest BCUT2D eigenvalue weighted by atomic mass is 79.9. The Morgan fingerprint density at radius 2 is 2.05 bits per heavy atom. The normalized spacial score (nSPS) is 12.8. The van der Waals surface area contributed by atoms with Gasteiger partial charge in [-0.2, -0.15) is 0 Å². The quantitative estimate of drug-likeness (QED) is 0.668. The lowest BCUT2D eigenvalue weighted by Gasteiger charge is -2.19. The maximum atomic E-state index is 3.60. The van der Waals surface area contributed by atoms with E-state index in [1.807, 2.05) is 11.3 Å². The third kappa shape index (κ3) is 6.33. The summed E-state index contributed by atoms with van der Waals surface area (Å²) in [6, 6.07) is 13.7. The number of aryl methyl sites for hydroxylation is 1. The molecule has 1 aromatic heterocycles. The molecule has 0 aliphatic carbocycles. The SMILES string of the molecule is CC(C)NCC(CCc1cccs1)Cc1cccc(Br)c1. The van der Waals surface area contributed by atoms with Crippen molar-refractivity contribution >= 4 is 27.3 Å². The maximum absolute atomic E-state index is 3.60. The summed E-state index contributed by atoms with van der Waals surface area (Å²) >= 11 is 5.44. The van der Waals surface area contributed by atoms with Gasteiger partial charge in [-0.25, -0.2) is 0 Å². The Morgan fingerprint density at radius 3 is 2.71 bits per heavy atom. The fourth-order valence-corrected chi connectivity index (χ4v) is 3.65. The largest absolute Gasteiger partial charge is 0.314 e. The molecule has 0 aliphatic heterocycles. The van der Waals surface area contributed by atoms with Gasteiger partial charge in [-0.15, -0.1) is 11.3 Å². The molecule has 114 valence electrons. The predicted octanol–water partition coefficient (Wildman–Crippen LogP) is 5.30. The summed E-state index contributed by atoms with van der Waals surface area (Å²) in [5, 5.41) is 5.77. The third-order valence-electron chi connectivity index (χ3n) is 3.61. The van der Waals surface area contributed by atoms with E-state index >= 15 is 0 Å². The van der Waals surface area contributed by atoms with Crippen molar-refractivity contribution in [3.05, 3.63) is 56.7 Å². The van der Waals surface area contributed by atoms with E-state index in [2.05, 4.69) is 76.9 Å². The first-order valence-electron chi connectivity index (χ1n) is 7.63. The highest BCUT2D eigenvalue weighted by Gasteiger charge is 2.11. The Bertz CT molecular complexity index is 522. The van der Waals surface area contributed by atoms with Crippen molar-refractivity contribution in [2.24, 2.45) is 5.92 Å². The molecule has 0 bridgehead atoms. The molecule has 0 aliphatic rings. The average molecular weight is 366 g/mol. The summed E-state index contributed by atoms with van der Waals surface area (Å²) in [6.45, 7) is 5.53. The van der Waals surface area contributed by atoms with E-state index in [9.17, 15) is 0 Å². The van der Waals surface area contributed by atoms with Gasteiger partial charge in [-0.1, -0.05) is 48.0 Å². The zero-order valence-corrected chi connectivity index (χ0v) is 15.2. The monoisotopic (exact) mass is 365 g/mol. The van der Waals surface area contributed by atoms with Crippen LogP contribution in [0.5, 0.6) is 0 Å². The number of benzene rings is 1. The molecule has 0 amide bonds. The molecule has 1 nitrogen and oxygen atoms in total. The van der Waals surface area contributed by atoms with Gasteiger partial charge >= 0.3 is 0 Å². The zero-order valence-electron chi connectivity index (χ0n) is 12.8. The first-order chi connectivity index (χ1) is 10.1. The lowest BCUT2D eigenvalue weighted by atomic mass is 9.94. The maximum Gasteiger partial charge on any atom is 0.0177 e. The van der Waals surface area contributed by atoms with Crippen LogP contribution in [-0.2, 0) is 12.8 Å². The number of hydrogen-bond donors (Lipinski definition) is 1. The zero-order chi connectivity index (χ0) is 15.1. The number of hydrogen-bond acceptors (Lipinski definition) is 2. The van der Waals surface area contributed by atoms with Crippen molar-refractivity contribution in [3.8, 4) is 0 Å². The Balaban J connectivity index is 1.93. The first-order valence-corrected chi connectivity index (χ1v) is 9.31. The van der Waals surface area contributed by atoms with E-state index in [0.717, 1.165) is 13.0 Å². The van der Waals surface area contributed by atoms with Crippen LogP contribution in [0.2, 0.25) is 0 Å². The van der Waals surface area contributed by atoms with Crippen molar-refractivity contribution in [2.75, 3.05) is 6.54 Å². The molecule has 1 N–H and O–H groups in total. The number of halogens is 1. The fourth-order valence-electron chi connectivity index (χ4n) is 2.48. The minimum Gasteiger partial charge on any atom is -0.314 e. The van der Waals surface area contributed by atoms with E-state index in [4.69, 9.17) is 0 Å². The summed E-state index contributed by atoms with van der Waals surface area (Å²) in [5.74, 6) is 0.684. The van der Waals surface area contributed by atoms with Crippen LogP contribution in [0.1, 0.15) is 30.7 Å². The van der Waals surface area contributed by atoms with Crippen LogP contribution in [0.3, 0.4) is 0 Å². The Kier molecular flexibility index (Phi) is 6.94. The van der Waals surface area contributed by atoms with Gasteiger partial charge in [0.25, 0.3) is 0 Å². The number of thiophene rings is 1. The Labute approximate surface area is 140 Å². The van der Waals surface area contributed by atoms with Gasteiger partial charge in [0, 0.05) is 15.4 Å². The lowest BCUT2D eigenvalue weighted by molar-refractivity contribution is 0.423. The molecular weight excluding hydrogens is 342 g/mol. The van der Waals surface area contributed by atoms with Crippen LogP contribution < -0.4 is 5.32 Å².